The molecule has 0 saturated carbocycles. The molecule has 0 aliphatic heterocycles. The molecule has 1 heterocycles. The van der Waals surface area contributed by atoms with E-state index in [1.165, 1.54) is 19.1 Å². The Kier molecular flexibility index (Phi) is 6.59. The Hall–Kier alpha value is -4.26. The third-order valence-corrected chi connectivity index (χ3v) is 5.14. The fourth-order valence-corrected chi connectivity index (χ4v) is 3.41. The van der Waals surface area contributed by atoms with Gasteiger partial charge in [0.05, 0.1) is 12.9 Å². The Bertz CT molecular complexity index is 1250. The Morgan fingerprint density at radius 2 is 1.61 bits per heavy atom. The highest BCUT2D eigenvalue weighted by atomic mass is 19.1. The second-order valence-electron chi connectivity index (χ2n) is 7.62. The lowest BCUT2D eigenvalue weighted by Gasteiger charge is -2.12. The Balaban J connectivity index is 1.61. The van der Waals surface area contributed by atoms with Gasteiger partial charge in [0.2, 0.25) is 5.91 Å². The van der Waals surface area contributed by atoms with E-state index < -0.39 is 0 Å². The number of carbonyl (C=O) groups excluding carboxylic acids is 2. The largest absolute Gasteiger partial charge is 0.352 e. The molecule has 0 fully saturated rings. The summed E-state index contributed by atoms with van der Waals surface area (Å²) in [4.78, 5) is 28.6. The van der Waals surface area contributed by atoms with Crippen molar-refractivity contribution in [1.82, 2.24) is 14.9 Å². The Morgan fingerprint density at radius 1 is 0.909 bits per heavy atom. The molecule has 0 radical (unpaired) electrons. The molecule has 0 atom stereocenters. The van der Waals surface area contributed by atoms with Gasteiger partial charge < -0.3 is 15.2 Å². The molecule has 166 valence electrons. The number of amides is 2. The van der Waals surface area contributed by atoms with Crippen molar-refractivity contribution in [2.75, 3.05) is 5.32 Å². The van der Waals surface area contributed by atoms with Gasteiger partial charge in [0.25, 0.3) is 5.91 Å². The first-order valence-corrected chi connectivity index (χ1v) is 10.5. The molecule has 6 nitrogen and oxygen atoms in total. The normalized spacial score (nSPS) is 10.6. The van der Waals surface area contributed by atoms with Crippen LogP contribution in [0.2, 0.25) is 0 Å². The highest BCUT2D eigenvalue weighted by Gasteiger charge is 2.17. The summed E-state index contributed by atoms with van der Waals surface area (Å²) in [5.74, 6) is -0.221. The molecule has 0 aliphatic rings. The number of hydrogen-bond donors (Lipinski definition) is 2. The monoisotopic (exact) mass is 442 g/mol. The van der Waals surface area contributed by atoms with Crippen molar-refractivity contribution in [3.63, 3.8) is 0 Å². The predicted molar refractivity (Wildman–Crippen MR) is 125 cm³/mol. The molecule has 1 aromatic heterocycles. The zero-order valence-electron chi connectivity index (χ0n) is 18.1. The van der Waals surface area contributed by atoms with Crippen molar-refractivity contribution in [2.45, 2.75) is 20.0 Å². The highest BCUT2D eigenvalue weighted by Crippen LogP contribution is 2.28. The molecule has 7 heteroatoms. The quantitative estimate of drug-likeness (QED) is 0.438. The van der Waals surface area contributed by atoms with E-state index in [2.05, 4.69) is 15.6 Å². The predicted octanol–water partition coefficient (Wildman–Crippen LogP) is 4.63. The number of anilines is 1. The molecule has 0 saturated heterocycles. The molecular weight excluding hydrogens is 419 g/mol. The van der Waals surface area contributed by atoms with Crippen molar-refractivity contribution in [2.24, 2.45) is 0 Å². The number of imidazole rings is 1. The summed E-state index contributed by atoms with van der Waals surface area (Å²) in [6, 6.07) is 22.9. The lowest BCUT2D eigenvalue weighted by molar-refractivity contribution is -0.119. The lowest BCUT2D eigenvalue weighted by Crippen LogP contribution is -2.19. The van der Waals surface area contributed by atoms with Gasteiger partial charge >= 0.3 is 0 Å². The molecular formula is C26H23FN4O2. The molecule has 2 amide bonds. The molecule has 33 heavy (non-hydrogen) atoms. The van der Waals surface area contributed by atoms with Gasteiger partial charge in [-0.15, -0.1) is 0 Å². The number of nitrogens with one attached hydrogen (secondary N) is 2. The molecule has 4 aromatic rings. The van der Waals surface area contributed by atoms with E-state index in [1.54, 1.807) is 42.7 Å². The van der Waals surface area contributed by atoms with Gasteiger partial charge in [-0.1, -0.05) is 42.5 Å². The van der Waals surface area contributed by atoms with E-state index in [9.17, 15) is 14.0 Å². The van der Waals surface area contributed by atoms with Crippen LogP contribution in [0.3, 0.4) is 0 Å². The first kappa shape index (κ1) is 22.0. The molecule has 0 unspecified atom stereocenters. The molecule has 0 aliphatic carbocycles. The van der Waals surface area contributed by atoms with Crippen LogP contribution >= 0.6 is 0 Å². The third kappa shape index (κ3) is 5.51. The second-order valence-corrected chi connectivity index (χ2v) is 7.62. The van der Waals surface area contributed by atoms with Crippen molar-refractivity contribution in [3.8, 4) is 11.3 Å². The number of rotatable bonds is 7. The fourth-order valence-electron chi connectivity index (χ4n) is 3.41. The van der Waals surface area contributed by atoms with E-state index in [4.69, 9.17) is 0 Å². The summed E-state index contributed by atoms with van der Waals surface area (Å²) in [6.45, 7) is 2.37. The minimum Gasteiger partial charge on any atom is -0.352 e. The number of hydrogen-bond acceptors (Lipinski definition) is 3. The van der Waals surface area contributed by atoms with Gasteiger partial charge in [0.15, 0.2) is 0 Å². The highest BCUT2D eigenvalue weighted by molar-refractivity contribution is 6.05. The lowest BCUT2D eigenvalue weighted by atomic mass is 10.1. The number of carbonyl (C=O) groups is 2. The number of nitrogens with zero attached hydrogens (tertiary/aromatic N) is 2. The van der Waals surface area contributed by atoms with E-state index in [0.29, 0.717) is 35.7 Å². The Labute approximate surface area is 191 Å². The summed E-state index contributed by atoms with van der Waals surface area (Å²) in [5, 5.41) is 5.71. The summed E-state index contributed by atoms with van der Waals surface area (Å²) in [5.41, 5.74) is 3.67. The molecule has 3 aromatic carbocycles. The molecule has 0 spiro atoms. The van der Waals surface area contributed by atoms with Crippen LogP contribution < -0.4 is 10.6 Å². The number of halogens is 1. The van der Waals surface area contributed by atoms with Crippen LogP contribution in [-0.2, 0) is 17.9 Å². The topological polar surface area (TPSA) is 76.0 Å². The zero-order chi connectivity index (χ0) is 23.2. The van der Waals surface area contributed by atoms with Gasteiger partial charge in [-0.2, -0.15) is 0 Å². The summed E-state index contributed by atoms with van der Waals surface area (Å²) < 4.78 is 15.3. The maximum atomic E-state index is 13.4. The van der Waals surface area contributed by atoms with Crippen LogP contribution in [0.1, 0.15) is 28.4 Å². The van der Waals surface area contributed by atoms with E-state index in [0.717, 1.165) is 11.1 Å². The van der Waals surface area contributed by atoms with Gasteiger partial charge in [-0.3, -0.25) is 9.59 Å². The SMILES string of the molecule is CC(=O)NCc1ccc(C(=O)Nc2c(-c3ccc(F)cc3)ncn2Cc2ccccc2)cc1. The maximum Gasteiger partial charge on any atom is 0.256 e. The zero-order valence-corrected chi connectivity index (χ0v) is 18.1. The summed E-state index contributed by atoms with van der Waals surface area (Å²) in [6.07, 6.45) is 1.66. The first-order valence-electron chi connectivity index (χ1n) is 10.5. The van der Waals surface area contributed by atoms with Crippen molar-refractivity contribution in [3.05, 3.63) is 108 Å². The molecule has 4 rings (SSSR count). The van der Waals surface area contributed by atoms with Crippen LogP contribution in [0.25, 0.3) is 11.3 Å². The van der Waals surface area contributed by atoms with E-state index in [1.807, 2.05) is 34.9 Å². The average molecular weight is 442 g/mol. The van der Waals surface area contributed by atoms with Crippen LogP contribution in [0.5, 0.6) is 0 Å². The van der Waals surface area contributed by atoms with Crippen LogP contribution in [0, 0.1) is 5.82 Å². The minimum atomic E-state index is -0.340. The maximum absolute atomic E-state index is 13.4. The fraction of sp³-hybridized carbons (Fsp3) is 0.115. The standard InChI is InChI=1S/C26H23FN4O2/c1-18(32)28-15-19-7-9-22(10-8-19)26(33)30-25-24(21-11-13-23(27)14-12-21)29-17-31(25)16-20-5-3-2-4-6-20/h2-14,17H,15-16H2,1H3,(H,28,32)(H,30,33). The van der Waals surface area contributed by atoms with Crippen LogP contribution in [0.4, 0.5) is 10.2 Å². The van der Waals surface area contributed by atoms with E-state index in [-0.39, 0.29) is 17.6 Å². The minimum absolute atomic E-state index is 0.114. The van der Waals surface area contributed by atoms with Gasteiger partial charge in [-0.25, -0.2) is 9.37 Å². The smallest absolute Gasteiger partial charge is 0.256 e. The summed E-state index contributed by atoms with van der Waals surface area (Å²) in [7, 11) is 0. The van der Waals surface area contributed by atoms with Crippen molar-refractivity contribution in [1.29, 1.82) is 0 Å². The Morgan fingerprint density at radius 3 is 2.27 bits per heavy atom. The molecule has 2 N–H and O–H groups in total. The third-order valence-electron chi connectivity index (χ3n) is 5.14. The van der Waals surface area contributed by atoms with Gasteiger partial charge in [0, 0.05) is 24.6 Å². The van der Waals surface area contributed by atoms with Crippen molar-refractivity contribution < 1.29 is 14.0 Å². The summed E-state index contributed by atoms with van der Waals surface area (Å²) >= 11 is 0. The number of benzene rings is 3. The number of aromatic nitrogens is 2. The average Bonchev–Trinajstić information content (AvgIpc) is 3.21. The second kappa shape index (κ2) is 9.91. The van der Waals surface area contributed by atoms with E-state index >= 15 is 0 Å². The van der Waals surface area contributed by atoms with Gasteiger partial charge in [-0.05, 0) is 47.5 Å². The van der Waals surface area contributed by atoms with Crippen molar-refractivity contribution >= 4 is 17.6 Å². The van der Waals surface area contributed by atoms with Crippen LogP contribution in [0.15, 0.2) is 85.2 Å². The van der Waals surface area contributed by atoms with Crippen LogP contribution in [-0.4, -0.2) is 21.4 Å². The molecule has 0 bridgehead atoms. The van der Waals surface area contributed by atoms with Gasteiger partial charge in [0.1, 0.15) is 17.3 Å². The first-order chi connectivity index (χ1) is 16.0.